The van der Waals surface area contributed by atoms with E-state index in [4.69, 9.17) is 0 Å². The van der Waals surface area contributed by atoms with Crippen LogP contribution >= 0.6 is 0 Å². The minimum atomic E-state index is -4.60. The highest BCUT2D eigenvalue weighted by Gasteiger charge is 2.33. The lowest BCUT2D eigenvalue weighted by Gasteiger charge is -2.12. The van der Waals surface area contributed by atoms with E-state index in [2.05, 4.69) is 25.3 Å². The van der Waals surface area contributed by atoms with Crippen molar-refractivity contribution in [2.24, 2.45) is 7.05 Å². The Morgan fingerprint density at radius 3 is 2.40 bits per heavy atom. The highest BCUT2D eigenvalue weighted by molar-refractivity contribution is 5.92. The van der Waals surface area contributed by atoms with Gasteiger partial charge in [0.05, 0.1) is 42.3 Å². The topological polar surface area (TPSA) is 85.6 Å². The van der Waals surface area contributed by atoms with Crippen molar-refractivity contribution in [1.29, 1.82) is 0 Å². The van der Waals surface area contributed by atoms with Gasteiger partial charge in [-0.1, -0.05) is 12.1 Å². The zero-order chi connectivity index (χ0) is 25.2. The molecule has 0 aliphatic rings. The lowest BCUT2D eigenvalue weighted by molar-refractivity contribution is -0.138. The zero-order valence-electron chi connectivity index (χ0n) is 18.8. The molecule has 0 bridgehead atoms. The lowest BCUT2D eigenvalue weighted by Crippen LogP contribution is -2.17. The van der Waals surface area contributed by atoms with E-state index in [1.54, 1.807) is 24.8 Å². The molecule has 3 aromatic heterocycles. The third kappa shape index (κ3) is 5.86. The molecule has 180 valence electrons. The summed E-state index contributed by atoms with van der Waals surface area (Å²) in [4.78, 5) is 28.8. The van der Waals surface area contributed by atoms with Crippen molar-refractivity contribution < 1.29 is 22.4 Å². The first kappa shape index (κ1) is 24.0. The maximum atomic E-state index is 14.7. The summed E-state index contributed by atoms with van der Waals surface area (Å²) >= 11 is 0. The zero-order valence-corrected chi connectivity index (χ0v) is 18.8. The van der Waals surface area contributed by atoms with Gasteiger partial charge in [0.2, 0.25) is 5.91 Å². The van der Waals surface area contributed by atoms with Crippen molar-refractivity contribution in [3.8, 4) is 11.1 Å². The number of carbonyl (C=O) groups excluding carboxylic acids is 1. The second-order valence-electron chi connectivity index (χ2n) is 7.98. The number of hydrogen-bond acceptors (Lipinski definition) is 5. The van der Waals surface area contributed by atoms with E-state index in [0.29, 0.717) is 23.4 Å². The number of amides is 1. The smallest absolute Gasteiger partial charge is 0.340 e. The van der Waals surface area contributed by atoms with Gasteiger partial charge in [-0.2, -0.15) is 13.2 Å². The van der Waals surface area contributed by atoms with Crippen LogP contribution in [0.2, 0.25) is 0 Å². The van der Waals surface area contributed by atoms with Crippen LogP contribution in [0.15, 0.2) is 55.4 Å². The summed E-state index contributed by atoms with van der Waals surface area (Å²) < 4.78 is 55.7. The molecule has 4 aromatic rings. The van der Waals surface area contributed by atoms with Crippen LogP contribution in [0, 0.1) is 12.7 Å². The molecule has 0 spiro atoms. The Kier molecular flexibility index (Phi) is 6.59. The summed E-state index contributed by atoms with van der Waals surface area (Å²) in [5.41, 5.74) is 0.765. The molecule has 0 saturated heterocycles. The molecule has 1 aromatic carbocycles. The summed E-state index contributed by atoms with van der Waals surface area (Å²) in [5, 5.41) is 2.34. The molecule has 11 heteroatoms. The van der Waals surface area contributed by atoms with Crippen molar-refractivity contribution in [3.05, 3.63) is 89.5 Å². The Bertz CT molecular complexity index is 1370. The fourth-order valence-corrected chi connectivity index (χ4v) is 3.45. The number of hydrogen-bond donors (Lipinski definition) is 1. The van der Waals surface area contributed by atoms with Gasteiger partial charge in [-0.25, -0.2) is 19.3 Å². The molecular formula is C24H20F4N6O. The van der Waals surface area contributed by atoms with Gasteiger partial charge in [0.1, 0.15) is 11.6 Å². The number of aryl methyl sites for hydroxylation is 2. The van der Waals surface area contributed by atoms with Crippen LogP contribution in [0.5, 0.6) is 0 Å². The standard InChI is InChI=1S/C24H20F4N6O/c1-14-20(24(26,27)28)7-18(11-29-14)33-23(35)6-16-4-3-15(5-21(16)25)17-9-30-22(31-10-17)8-19-12-34(2)13-32-19/h3-5,7,9-13H,6,8H2,1-2H3,(H,33,35). The minimum Gasteiger partial charge on any atom is -0.340 e. The molecule has 0 aliphatic heterocycles. The van der Waals surface area contributed by atoms with Crippen molar-refractivity contribution in [3.63, 3.8) is 0 Å². The molecule has 0 unspecified atom stereocenters. The normalized spacial score (nSPS) is 11.5. The van der Waals surface area contributed by atoms with E-state index in [0.717, 1.165) is 18.0 Å². The number of rotatable bonds is 6. The lowest BCUT2D eigenvalue weighted by atomic mass is 10.0. The molecule has 0 fully saturated rings. The van der Waals surface area contributed by atoms with E-state index < -0.39 is 23.5 Å². The number of pyridine rings is 1. The Morgan fingerprint density at radius 2 is 1.77 bits per heavy atom. The third-order valence-corrected chi connectivity index (χ3v) is 5.22. The van der Waals surface area contributed by atoms with Crippen molar-refractivity contribution >= 4 is 11.6 Å². The monoisotopic (exact) mass is 484 g/mol. The number of anilines is 1. The van der Waals surface area contributed by atoms with Gasteiger partial charge >= 0.3 is 6.18 Å². The van der Waals surface area contributed by atoms with Gasteiger partial charge in [-0.05, 0) is 30.2 Å². The number of benzene rings is 1. The van der Waals surface area contributed by atoms with E-state index >= 15 is 0 Å². The summed E-state index contributed by atoms with van der Waals surface area (Å²) in [6.07, 6.45) is 3.34. The van der Waals surface area contributed by atoms with E-state index in [9.17, 15) is 22.4 Å². The quantitative estimate of drug-likeness (QED) is 0.407. The van der Waals surface area contributed by atoms with Crippen LogP contribution in [-0.4, -0.2) is 30.4 Å². The van der Waals surface area contributed by atoms with Gasteiger partial charge in [-0.3, -0.25) is 9.78 Å². The van der Waals surface area contributed by atoms with E-state index in [-0.39, 0.29) is 23.4 Å². The molecule has 4 rings (SSSR count). The SMILES string of the molecule is Cc1ncc(NC(=O)Cc2ccc(-c3cnc(Cc4cn(C)cn4)nc3)cc2F)cc1C(F)(F)F. The first-order chi connectivity index (χ1) is 16.6. The first-order valence-electron chi connectivity index (χ1n) is 10.5. The van der Waals surface area contributed by atoms with Gasteiger partial charge in [0, 0.05) is 36.9 Å². The Morgan fingerprint density at radius 1 is 1.03 bits per heavy atom. The predicted octanol–water partition coefficient (Wildman–Crippen LogP) is 4.51. The fraction of sp³-hybridized carbons (Fsp3) is 0.208. The number of alkyl halides is 3. The number of nitrogens with zero attached hydrogens (tertiary/aromatic N) is 5. The molecule has 1 amide bonds. The van der Waals surface area contributed by atoms with Crippen molar-refractivity contribution in [2.75, 3.05) is 5.32 Å². The molecule has 3 heterocycles. The minimum absolute atomic E-state index is 0.0926. The number of halogens is 4. The van der Waals surface area contributed by atoms with Crippen molar-refractivity contribution in [1.82, 2.24) is 24.5 Å². The van der Waals surface area contributed by atoms with Crippen molar-refractivity contribution in [2.45, 2.75) is 25.9 Å². The summed E-state index contributed by atoms with van der Waals surface area (Å²) in [7, 11) is 1.87. The Labute approximate surface area is 197 Å². The molecule has 0 aliphatic carbocycles. The van der Waals surface area contributed by atoms with E-state index in [1.807, 2.05) is 17.8 Å². The molecular weight excluding hydrogens is 464 g/mol. The molecule has 0 radical (unpaired) electrons. The van der Waals surface area contributed by atoms with Crippen LogP contribution in [0.25, 0.3) is 11.1 Å². The Balaban J connectivity index is 1.42. The second-order valence-corrected chi connectivity index (χ2v) is 7.98. The van der Waals surface area contributed by atoms with E-state index in [1.165, 1.54) is 19.1 Å². The summed E-state index contributed by atoms with van der Waals surface area (Å²) in [6, 6.07) is 5.13. The van der Waals surface area contributed by atoms with Gasteiger partial charge < -0.3 is 9.88 Å². The molecule has 7 nitrogen and oxygen atoms in total. The summed E-state index contributed by atoms with van der Waals surface area (Å²) in [5.74, 6) is -0.730. The molecule has 1 N–H and O–H groups in total. The molecule has 0 atom stereocenters. The second kappa shape index (κ2) is 9.61. The number of carbonyl (C=O) groups is 1. The fourth-order valence-electron chi connectivity index (χ4n) is 3.45. The number of aromatic nitrogens is 5. The van der Waals surface area contributed by atoms with Crippen LogP contribution in [0.4, 0.5) is 23.2 Å². The van der Waals surface area contributed by atoms with Crippen LogP contribution in [0.1, 0.15) is 28.3 Å². The van der Waals surface area contributed by atoms with Gasteiger partial charge in [0.25, 0.3) is 0 Å². The number of imidazole rings is 1. The largest absolute Gasteiger partial charge is 0.418 e. The predicted molar refractivity (Wildman–Crippen MR) is 120 cm³/mol. The molecule has 0 saturated carbocycles. The number of nitrogens with one attached hydrogen (secondary N) is 1. The average Bonchev–Trinajstić information content (AvgIpc) is 3.20. The highest BCUT2D eigenvalue weighted by atomic mass is 19.4. The van der Waals surface area contributed by atoms with Gasteiger partial charge in [0.15, 0.2) is 0 Å². The maximum Gasteiger partial charge on any atom is 0.418 e. The van der Waals surface area contributed by atoms with Gasteiger partial charge in [-0.15, -0.1) is 0 Å². The molecule has 35 heavy (non-hydrogen) atoms. The Hall–Kier alpha value is -4.15. The van der Waals surface area contributed by atoms with Crippen LogP contribution in [0.3, 0.4) is 0 Å². The first-order valence-corrected chi connectivity index (χ1v) is 10.5. The average molecular weight is 484 g/mol. The van der Waals surface area contributed by atoms with Crippen LogP contribution in [-0.2, 0) is 30.9 Å². The van der Waals surface area contributed by atoms with Crippen LogP contribution < -0.4 is 5.32 Å². The summed E-state index contributed by atoms with van der Waals surface area (Å²) in [6.45, 7) is 1.23. The maximum absolute atomic E-state index is 14.7. The highest BCUT2D eigenvalue weighted by Crippen LogP contribution is 2.32. The third-order valence-electron chi connectivity index (χ3n) is 5.22.